The molecule has 2 aromatic heterocycles. The number of ketones is 1. The Balaban J connectivity index is 1.41. The molecule has 0 radical (unpaired) electrons. The monoisotopic (exact) mass is 756 g/mol. The van der Waals surface area contributed by atoms with Crippen LogP contribution in [0.4, 0.5) is 0 Å². The van der Waals surface area contributed by atoms with Gasteiger partial charge in [0.15, 0.2) is 11.3 Å². The lowest BCUT2D eigenvalue weighted by Gasteiger charge is -2.46. The first-order valence-electron chi connectivity index (χ1n) is 20.3. The van der Waals surface area contributed by atoms with E-state index in [1.807, 2.05) is 38.1 Å². The first-order valence-corrected chi connectivity index (χ1v) is 19.8. The minimum absolute atomic E-state index is 0.0751. The van der Waals surface area contributed by atoms with E-state index in [-0.39, 0.29) is 44.7 Å². The quantitative estimate of drug-likeness (QED) is 0.139. The van der Waals surface area contributed by atoms with Crippen LogP contribution in [0.3, 0.4) is 0 Å². The lowest BCUT2D eigenvalue weighted by atomic mass is 9.78. The summed E-state index contributed by atoms with van der Waals surface area (Å²) in [4.78, 5) is 104. The van der Waals surface area contributed by atoms with Gasteiger partial charge in [0.05, 0.1) is 24.5 Å². The SMILES string of the molecule is [2H]N1CCCC[C@H]1C(=O)N(C(=O)[C@H]1CCCCN1)[C@]1(Cc2cnc[nH]2)C(=O)[C@H](CC(C)C)NC(=O)[C@@H](Cc2c[nH]c3ccccc23)NC(=O)[C@@H]2CCCN2C1=O. The van der Waals surface area contributed by atoms with E-state index in [0.717, 1.165) is 33.1 Å². The lowest BCUT2D eigenvalue weighted by molar-refractivity contribution is -0.171. The van der Waals surface area contributed by atoms with Crippen LogP contribution < -0.4 is 21.3 Å². The van der Waals surface area contributed by atoms with Gasteiger partial charge in [0, 0.05) is 48.4 Å². The molecule has 0 bridgehead atoms. The van der Waals surface area contributed by atoms with Gasteiger partial charge in [-0.05, 0) is 75.6 Å². The Kier molecular flexibility index (Phi) is 11.1. The van der Waals surface area contributed by atoms with E-state index in [9.17, 15) is 9.59 Å². The molecule has 15 heteroatoms. The van der Waals surface area contributed by atoms with E-state index in [1.54, 1.807) is 6.20 Å². The molecule has 0 aliphatic carbocycles. The van der Waals surface area contributed by atoms with Crippen LogP contribution in [-0.4, -0.2) is 115 Å². The molecule has 15 nitrogen and oxygen atoms in total. The summed E-state index contributed by atoms with van der Waals surface area (Å²) in [6, 6.07) is 2.08. The summed E-state index contributed by atoms with van der Waals surface area (Å²) in [5.74, 6) is -4.62. The molecule has 4 aliphatic heterocycles. The fourth-order valence-electron chi connectivity index (χ4n) is 8.83. The van der Waals surface area contributed by atoms with Crippen molar-refractivity contribution in [3.63, 3.8) is 0 Å². The summed E-state index contributed by atoms with van der Waals surface area (Å²) in [6.45, 7) is 4.62. The zero-order valence-corrected chi connectivity index (χ0v) is 31.6. The van der Waals surface area contributed by atoms with E-state index in [1.165, 1.54) is 17.4 Å². The van der Waals surface area contributed by atoms with Gasteiger partial charge in [0.25, 0.3) is 5.91 Å². The number of carbonyl (C=O) groups is 6. The summed E-state index contributed by atoms with van der Waals surface area (Å²) in [5.41, 5.74) is -0.599. The number of H-pyrrole nitrogens is 2. The summed E-state index contributed by atoms with van der Waals surface area (Å²) in [5, 5.41) is 11.1. The second-order valence-corrected chi connectivity index (χ2v) is 15.9. The van der Waals surface area contributed by atoms with Crippen LogP contribution in [0.25, 0.3) is 10.9 Å². The third-order valence-electron chi connectivity index (χ3n) is 11.6. The number of benzene rings is 1. The predicted molar refractivity (Wildman–Crippen MR) is 203 cm³/mol. The van der Waals surface area contributed by atoms with Crippen LogP contribution in [0.5, 0.6) is 0 Å². The highest BCUT2D eigenvalue weighted by Crippen LogP contribution is 2.35. The van der Waals surface area contributed by atoms with Crippen LogP contribution in [-0.2, 0) is 41.6 Å². The number of Topliss-reactive ketones (excluding diaryl/α,β-unsaturated/α-hetero) is 1. The molecule has 0 spiro atoms. The third kappa shape index (κ3) is 7.68. The van der Waals surface area contributed by atoms with Gasteiger partial charge >= 0.3 is 0 Å². The summed E-state index contributed by atoms with van der Waals surface area (Å²) < 4.78 is 8.79. The van der Waals surface area contributed by atoms with Crippen molar-refractivity contribution < 1.29 is 30.2 Å². The lowest BCUT2D eigenvalue weighted by Crippen LogP contribution is -2.75. The van der Waals surface area contributed by atoms with Crippen molar-refractivity contribution >= 4 is 46.2 Å². The number of hydrogen-bond donors (Lipinski definition) is 6. The van der Waals surface area contributed by atoms with Crippen molar-refractivity contribution in [3.8, 4) is 0 Å². The number of para-hydroxylation sites is 1. The zero-order chi connectivity index (χ0) is 39.6. The molecular weight excluding hydrogens is 702 g/mol. The topological polar surface area (TPSA) is 201 Å². The number of carbonyl (C=O) groups excluding carboxylic acids is 6. The van der Waals surface area contributed by atoms with Gasteiger partial charge in [0.2, 0.25) is 23.6 Å². The van der Waals surface area contributed by atoms with E-state index in [0.29, 0.717) is 44.3 Å². The smallest absolute Gasteiger partial charge is 0.257 e. The van der Waals surface area contributed by atoms with Crippen LogP contribution in [0.1, 0.15) is 82.9 Å². The number of imidazole rings is 1. The maximum absolute atomic E-state index is 15.9. The van der Waals surface area contributed by atoms with Gasteiger partial charge in [-0.2, -0.15) is 0 Å². The fraction of sp³-hybridized carbons (Fsp3) is 0.575. The third-order valence-corrected chi connectivity index (χ3v) is 11.6. The average molecular weight is 757 g/mol. The number of aromatic amines is 2. The molecule has 4 saturated heterocycles. The van der Waals surface area contributed by atoms with E-state index in [2.05, 4.69) is 30.9 Å². The molecule has 4 aliphatic rings. The van der Waals surface area contributed by atoms with Gasteiger partial charge in [-0.15, -0.1) is 0 Å². The molecule has 7 rings (SSSR count). The molecule has 0 saturated carbocycles. The summed E-state index contributed by atoms with van der Waals surface area (Å²) >= 11 is 0. The number of nitrogens with zero attached hydrogens (tertiary/aromatic N) is 3. The Labute approximate surface area is 322 Å². The Hall–Kier alpha value is -4.89. The van der Waals surface area contributed by atoms with Crippen LogP contribution in [0, 0.1) is 5.92 Å². The van der Waals surface area contributed by atoms with Gasteiger partial charge in [-0.1, -0.05) is 44.9 Å². The fourth-order valence-corrected chi connectivity index (χ4v) is 8.83. The number of hydrogen-bond acceptors (Lipinski definition) is 9. The summed E-state index contributed by atoms with van der Waals surface area (Å²) in [7, 11) is 0. The van der Waals surface area contributed by atoms with Crippen molar-refractivity contribution in [2.24, 2.45) is 5.92 Å². The first-order chi connectivity index (χ1) is 27.0. The highest BCUT2D eigenvalue weighted by Gasteiger charge is 2.62. The Bertz CT molecular complexity index is 1940. The number of amides is 5. The molecule has 6 atom stereocenters. The molecule has 55 heavy (non-hydrogen) atoms. The van der Waals surface area contributed by atoms with Crippen molar-refractivity contribution in [1.82, 2.24) is 46.0 Å². The number of nitrogens with one attached hydrogen (secondary N) is 6. The van der Waals surface area contributed by atoms with Crippen LogP contribution in [0.15, 0.2) is 43.0 Å². The molecule has 294 valence electrons. The molecule has 0 unspecified atom stereocenters. The van der Waals surface area contributed by atoms with Crippen molar-refractivity contribution in [2.45, 2.75) is 120 Å². The molecule has 5 amide bonds. The number of fused-ring (bicyclic) bond motifs is 2. The Morgan fingerprint density at radius 2 is 1.67 bits per heavy atom. The molecule has 6 heterocycles. The van der Waals surface area contributed by atoms with E-state index >= 15 is 19.2 Å². The van der Waals surface area contributed by atoms with Gasteiger partial charge < -0.3 is 36.1 Å². The predicted octanol–water partition coefficient (Wildman–Crippen LogP) is 1.64. The molecule has 1 aromatic carbocycles. The number of imide groups is 1. The molecule has 4 fully saturated rings. The minimum Gasteiger partial charge on any atom is -0.361 e. The largest absolute Gasteiger partial charge is 0.361 e. The normalized spacial score (nSPS) is 28.7. The summed E-state index contributed by atoms with van der Waals surface area (Å²) in [6.07, 6.45) is 8.42. The second-order valence-electron chi connectivity index (χ2n) is 15.9. The minimum atomic E-state index is -2.55. The average Bonchev–Trinajstić information content (AvgIpc) is 3.99. The van der Waals surface area contributed by atoms with E-state index < -0.39 is 77.5 Å². The first kappa shape index (κ1) is 37.1. The van der Waals surface area contributed by atoms with Crippen molar-refractivity contribution in [3.05, 3.63) is 54.2 Å². The maximum Gasteiger partial charge on any atom is 0.257 e. The van der Waals surface area contributed by atoms with Gasteiger partial charge in [-0.25, -0.2) is 4.98 Å². The van der Waals surface area contributed by atoms with Crippen molar-refractivity contribution in [1.29, 1.82) is 0 Å². The molecule has 3 aromatic rings. The van der Waals surface area contributed by atoms with Crippen LogP contribution >= 0.6 is 0 Å². The van der Waals surface area contributed by atoms with Gasteiger partial charge in [-0.3, -0.25) is 33.7 Å². The number of rotatable bonds is 9. The van der Waals surface area contributed by atoms with E-state index in [4.69, 9.17) is 1.41 Å². The highest BCUT2D eigenvalue weighted by atomic mass is 16.2. The standard InChI is InChI=1S/C40H53N9O6/c1-24(2)18-31-34(50)40(20-26-22-41-23-45-26,49(37(53)29-12-5-7-15-42-29)38(54)30-13-6-8-16-43-30)39(55)48-17-9-14-33(48)36(52)47-32(35(51)46-31)19-25-21-44-28-11-4-3-10-27(25)28/h3-4,10-11,21-24,29-33,42-44H,5-9,12-20H2,1-2H3,(H,41,45)(H,46,51)(H,47,52)/t29-,30+,31-,32+,33-,40+/m0/s1/i/hD. The Morgan fingerprint density at radius 1 is 0.927 bits per heavy atom. The van der Waals surface area contributed by atoms with Crippen molar-refractivity contribution in [2.75, 3.05) is 19.6 Å². The zero-order valence-electron chi connectivity index (χ0n) is 32.6. The second kappa shape index (κ2) is 16.5. The number of aromatic nitrogens is 3. The Morgan fingerprint density at radius 3 is 2.42 bits per heavy atom. The van der Waals surface area contributed by atoms with Gasteiger partial charge in [0.1, 0.15) is 13.5 Å². The number of piperidine rings is 2. The highest BCUT2D eigenvalue weighted by molar-refractivity contribution is 6.21. The maximum atomic E-state index is 15.9. The van der Waals surface area contributed by atoms with Crippen LogP contribution in [0.2, 0.25) is 1.41 Å². The molecule has 6 N–H and O–H groups in total. The molecular formula is C40H53N9O6.